The van der Waals surface area contributed by atoms with Gasteiger partial charge < -0.3 is 10.1 Å². The number of aromatic nitrogens is 2. The van der Waals surface area contributed by atoms with E-state index in [1.807, 2.05) is 6.92 Å². The molecule has 0 unspecified atom stereocenters. The molecular formula is C12H10BrClFN3O. The summed E-state index contributed by atoms with van der Waals surface area (Å²) in [5, 5.41) is 3.19. The van der Waals surface area contributed by atoms with E-state index in [1.165, 1.54) is 18.3 Å². The number of rotatable bonds is 4. The van der Waals surface area contributed by atoms with Crippen LogP contribution in [0.25, 0.3) is 0 Å². The zero-order chi connectivity index (χ0) is 13.8. The van der Waals surface area contributed by atoms with Crippen LogP contribution in [0.5, 0.6) is 11.6 Å². The molecule has 0 aliphatic rings. The maximum Gasteiger partial charge on any atom is 0.243 e. The van der Waals surface area contributed by atoms with Gasteiger partial charge in [-0.25, -0.2) is 9.37 Å². The number of nitrogens with one attached hydrogen (secondary N) is 1. The first-order valence-electron chi connectivity index (χ1n) is 5.49. The first-order valence-corrected chi connectivity index (χ1v) is 6.66. The Balaban J connectivity index is 2.28. The van der Waals surface area contributed by atoms with Crippen molar-refractivity contribution in [3.63, 3.8) is 0 Å². The molecule has 0 saturated heterocycles. The van der Waals surface area contributed by atoms with E-state index in [9.17, 15) is 4.39 Å². The van der Waals surface area contributed by atoms with Crippen LogP contribution in [0.1, 0.15) is 6.92 Å². The van der Waals surface area contributed by atoms with E-state index in [2.05, 4.69) is 31.2 Å². The monoisotopic (exact) mass is 345 g/mol. The summed E-state index contributed by atoms with van der Waals surface area (Å²) in [6.07, 6.45) is 1.43. The van der Waals surface area contributed by atoms with E-state index in [0.717, 1.165) is 0 Å². The fraction of sp³-hybridized carbons (Fsp3) is 0.167. The van der Waals surface area contributed by atoms with Crippen molar-refractivity contribution in [1.82, 2.24) is 9.97 Å². The summed E-state index contributed by atoms with van der Waals surface area (Å²) in [5.74, 6) is 0.457. The Hall–Kier alpha value is -1.40. The molecule has 100 valence electrons. The first kappa shape index (κ1) is 14.0. The predicted octanol–water partition coefficient (Wildman–Crippen LogP) is 4.26. The third-order valence-corrected chi connectivity index (χ3v) is 2.81. The smallest absolute Gasteiger partial charge is 0.243 e. The number of hydrogen-bond donors (Lipinski definition) is 1. The summed E-state index contributed by atoms with van der Waals surface area (Å²) in [4.78, 5) is 8.09. The van der Waals surface area contributed by atoms with Gasteiger partial charge in [-0.1, -0.05) is 27.5 Å². The summed E-state index contributed by atoms with van der Waals surface area (Å²) >= 11 is 9.13. The normalized spacial score (nSPS) is 10.3. The van der Waals surface area contributed by atoms with Crippen LogP contribution >= 0.6 is 27.5 Å². The van der Waals surface area contributed by atoms with Crippen LogP contribution in [0.4, 0.5) is 10.3 Å². The van der Waals surface area contributed by atoms with E-state index in [1.54, 1.807) is 6.07 Å². The highest BCUT2D eigenvalue weighted by atomic mass is 79.9. The van der Waals surface area contributed by atoms with Crippen molar-refractivity contribution in [2.24, 2.45) is 0 Å². The number of ether oxygens (including phenoxy) is 1. The van der Waals surface area contributed by atoms with Gasteiger partial charge in [0.1, 0.15) is 16.6 Å². The SMILES string of the molecule is CCNc1ncc(Cl)c(Oc2cc(F)cc(Br)c2)n1. The fourth-order valence-electron chi connectivity index (χ4n) is 1.37. The van der Waals surface area contributed by atoms with Crippen LogP contribution in [0.15, 0.2) is 28.9 Å². The zero-order valence-corrected chi connectivity index (χ0v) is 12.3. The van der Waals surface area contributed by atoms with Crippen LogP contribution in [0.3, 0.4) is 0 Å². The van der Waals surface area contributed by atoms with Gasteiger partial charge in [-0.2, -0.15) is 4.98 Å². The van der Waals surface area contributed by atoms with Crippen molar-refractivity contribution in [1.29, 1.82) is 0 Å². The number of anilines is 1. The molecule has 0 saturated carbocycles. The average Bonchev–Trinajstić information content (AvgIpc) is 2.32. The third-order valence-electron chi connectivity index (χ3n) is 2.10. The van der Waals surface area contributed by atoms with E-state index in [-0.39, 0.29) is 10.9 Å². The number of benzene rings is 1. The number of halogens is 3. The molecule has 7 heteroatoms. The minimum Gasteiger partial charge on any atom is -0.437 e. The highest BCUT2D eigenvalue weighted by Crippen LogP contribution is 2.29. The van der Waals surface area contributed by atoms with Gasteiger partial charge >= 0.3 is 0 Å². The van der Waals surface area contributed by atoms with Crippen LogP contribution in [-0.4, -0.2) is 16.5 Å². The van der Waals surface area contributed by atoms with Gasteiger partial charge in [-0.15, -0.1) is 0 Å². The Bertz CT molecular complexity index is 577. The van der Waals surface area contributed by atoms with Crippen molar-refractivity contribution in [3.05, 3.63) is 39.7 Å². The van der Waals surface area contributed by atoms with Gasteiger partial charge in [0.2, 0.25) is 11.8 Å². The lowest BCUT2D eigenvalue weighted by Crippen LogP contribution is -2.03. The van der Waals surface area contributed by atoms with Crippen LogP contribution < -0.4 is 10.1 Å². The molecule has 0 fully saturated rings. The Morgan fingerprint density at radius 1 is 1.42 bits per heavy atom. The quantitative estimate of drug-likeness (QED) is 0.899. The second-order valence-corrected chi connectivity index (χ2v) is 4.91. The van der Waals surface area contributed by atoms with Crippen LogP contribution in [0.2, 0.25) is 5.02 Å². The van der Waals surface area contributed by atoms with Crippen LogP contribution in [-0.2, 0) is 0 Å². The van der Waals surface area contributed by atoms with Crippen molar-refractivity contribution >= 4 is 33.5 Å². The third kappa shape index (κ3) is 3.78. The maximum absolute atomic E-state index is 13.2. The minimum absolute atomic E-state index is 0.171. The summed E-state index contributed by atoms with van der Waals surface area (Å²) in [5.41, 5.74) is 0. The fourth-order valence-corrected chi connectivity index (χ4v) is 1.94. The second-order valence-electron chi connectivity index (χ2n) is 3.58. The summed E-state index contributed by atoms with van der Waals surface area (Å²) < 4.78 is 19.3. The minimum atomic E-state index is -0.415. The van der Waals surface area contributed by atoms with Gasteiger partial charge in [-0.05, 0) is 19.1 Å². The predicted molar refractivity (Wildman–Crippen MR) is 75.4 cm³/mol. The van der Waals surface area contributed by atoms with Crippen molar-refractivity contribution in [3.8, 4) is 11.6 Å². The molecule has 1 aromatic heterocycles. The largest absolute Gasteiger partial charge is 0.437 e. The number of hydrogen-bond acceptors (Lipinski definition) is 4. The maximum atomic E-state index is 13.2. The lowest BCUT2D eigenvalue weighted by atomic mass is 10.3. The van der Waals surface area contributed by atoms with E-state index in [4.69, 9.17) is 16.3 Å². The molecule has 19 heavy (non-hydrogen) atoms. The van der Waals surface area contributed by atoms with Gasteiger partial charge in [0.25, 0.3) is 0 Å². The standard InChI is InChI=1S/C12H10BrClFN3O/c1-2-16-12-17-6-10(14)11(18-12)19-9-4-7(13)3-8(15)5-9/h3-6H,2H2,1H3,(H,16,17,18). The Kier molecular flexibility index (Phi) is 4.55. The molecule has 0 atom stereocenters. The Labute approximate surface area is 123 Å². The van der Waals surface area contributed by atoms with Gasteiger partial charge in [0, 0.05) is 17.1 Å². The van der Waals surface area contributed by atoms with Gasteiger partial charge in [0.15, 0.2) is 0 Å². The Morgan fingerprint density at radius 3 is 2.89 bits per heavy atom. The van der Waals surface area contributed by atoms with E-state index in [0.29, 0.717) is 22.7 Å². The molecule has 0 aliphatic heterocycles. The Morgan fingerprint density at radius 2 is 2.21 bits per heavy atom. The zero-order valence-electron chi connectivity index (χ0n) is 9.95. The summed E-state index contributed by atoms with van der Waals surface area (Å²) in [7, 11) is 0. The number of nitrogens with zero attached hydrogens (tertiary/aromatic N) is 2. The topological polar surface area (TPSA) is 47.0 Å². The first-order chi connectivity index (χ1) is 9.08. The molecule has 1 aromatic carbocycles. The molecule has 1 heterocycles. The van der Waals surface area contributed by atoms with Crippen molar-refractivity contribution in [2.75, 3.05) is 11.9 Å². The molecule has 0 spiro atoms. The molecule has 4 nitrogen and oxygen atoms in total. The lowest BCUT2D eigenvalue weighted by molar-refractivity contribution is 0.457. The molecule has 0 bridgehead atoms. The molecule has 0 radical (unpaired) electrons. The van der Waals surface area contributed by atoms with Gasteiger partial charge in [-0.3, -0.25) is 0 Å². The highest BCUT2D eigenvalue weighted by molar-refractivity contribution is 9.10. The molecule has 2 aromatic rings. The summed E-state index contributed by atoms with van der Waals surface area (Å²) in [6.45, 7) is 2.59. The molecular weight excluding hydrogens is 337 g/mol. The lowest BCUT2D eigenvalue weighted by Gasteiger charge is -2.08. The van der Waals surface area contributed by atoms with E-state index < -0.39 is 5.82 Å². The average molecular weight is 347 g/mol. The van der Waals surface area contributed by atoms with Crippen LogP contribution in [0, 0.1) is 5.82 Å². The molecule has 0 aliphatic carbocycles. The van der Waals surface area contributed by atoms with Gasteiger partial charge in [0.05, 0.1) is 6.20 Å². The van der Waals surface area contributed by atoms with E-state index >= 15 is 0 Å². The van der Waals surface area contributed by atoms with Crippen molar-refractivity contribution in [2.45, 2.75) is 6.92 Å². The van der Waals surface area contributed by atoms with Crippen molar-refractivity contribution < 1.29 is 9.13 Å². The molecule has 2 rings (SSSR count). The second kappa shape index (κ2) is 6.16. The molecule has 0 amide bonds. The molecule has 1 N–H and O–H groups in total. The summed E-state index contributed by atoms with van der Waals surface area (Å²) in [6, 6.07) is 4.20. The highest BCUT2D eigenvalue weighted by Gasteiger charge is 2.09.